The molecule has 0 bridgehead atoms. The van der Waals surface area contributed by atoms with E-state index in [0.717, 1.165) is 0 Å². The summed E-state index contributed by atoms with van der Waals surface area (Å²) in [5.74, 6) is -0.0239. The summed E-state index contributed by atoms with van der Waals surface area (Å²) < 4.78 is 5.11. The Morgan fingerprint density at radius 2 is 1.58 bits per heavy atom. The molecule has 2 heterocycles. The number of hydrogen-bond donors (Lipinski definition) is 1. The number of carbonyl (C=O) groups excluding carboxylic acids is 4. The molecule has 8 nitrogen and oxygen atoms in total. The first-order valence-corrected chi connectivity index (χ1v) is 11.2. The van der Waals surface area contributed by atoms with Crippen molar-refractivity contribution >= 4 is 23.6 Å². The number of amides is 4. The number of ether oxygens (including phenoxy) is 1. The second-order valence-electron chi connectivity index (χ2n) is 8.27. The Morgan fingerprint density at radius 1 is 0.970 bits per heavy atom. The van der Waals surface area contributed by atoms with Gasteiger partial charge in [-0.15, -0.1) is 0 Å². The van der Waals surface area contributed by atoms with Crippen molar-refractivity contribution in [1.29, 1.82) is 0 Å². The van der Waals surface area contributed by atoms with Crippen molar-refractivity contribution in [1.82, 2.24) is 15.1 Å². The van der Waals surface area contributed by atoms with E-state index < -0.39 is 0 Å². The van der Waals surface area contributed by atoms with Crippen molar-refractivity contribution in [3.05, 3.63) is 65.2 Å². The highest BCUT2D eigenvalue weighted by molar-refractivity contribution is 6.21. The van der Waals surface area contributed by atoms with Crippen LogP contribution in [0.5, 0.6) is 5.75 Å². The molecule has 0 radical (unpaired) electrons. The van der Waals surface area contributed by atoms with Crippen molar-refractivity contribution in [2.45, 2.75) is 31.7 Å². The molecule has 1 fully saturated rings. The van der Waals surface area contributed by atoms with Crippen LogP contribution in [-0.2, 0) is 4.79 Å². The predicted octanol–water partition coefficient (Wildman–Crippen LogP) is 2.49. The van der Waals surface area contributed by atoms with Crippen molar-refractivity contribution in [3.63, 3.8) is 0 Å². The molecule has 2 aromatic carbocycles. The largest absolute Gasteiger partial charge is 0.497 e. The summed E-state index contributed by atoms with van der Waals surface area (Å²) >= 11 is 0. The van der Waals surface area contributed by atoms with Crippen molar-refractivity contribution in [2.24, 2.45) is 0 Å². The number of likely N-dealkylation sites (tertiary alicyclic amines) is 1. The molecule has 4 rings (SSSR count). The highest BCUT2D eigenvalue weighted by Gasteiger charge is 2.34. The lowest BCUT2D eigenvalue weighted by Gasteiger charge is -2.32. The van der Waals surface area contributed by atoms with Crippen LogP contribution in [0.1, 0.15) is 56.8 Å². The van der Waals surface area contributed by atoms with Crippen LogP contribution in [0.3, 0.4) is 0 Å². The van der Waals surface area contributed by atoms with Crippen LogP contribution in [0.25, 0.3) is 0 Å². The van der Waals surface area contributed by atoms with Gasteiger partial charge in [0, 0.05) is 37.7 Å². The molecule has 1 saturated heterocycles. The van der Waals surface area contributed by atoms with Crippen LogP contribution in [0.15, 0.2) is 48.5 Å². The SMILES string of the molecule is COc1ccc(C(=O)NC2CCN(C(=O)CCCN3C(=O)c4ccccc4C3=O)CC2)cc1. The molecule has 2 aliphatic heterocycles. The molecule has 0 aromatic heterocycles. The van der Waals surface area contributed by atoms with Gasteiger partial charge in [-0.05, 0) is 55.7 Å². The smallest absolute Gasteiger partial charge is 0.261 e. The molecule has 172 valence electrons. The predicted molar refractivity (Wildman–Crippen MR) is 121 cm³/mol. The average Bonchev–Trinajstić information content (AvgIpc) is 3.09. The van der Waals surface area contributed by atoms with Gasteiger partial charge in [-0.2, -0.15) is 0 Å². The van der Waals surface area contributed by atoms with E-state index in [-0.39, 0.29) is 42.6 Å². The second-order valence-corrected chi connectivity index (χ2v) is 8.27. The highest BCUT2D eigenvalue weighted by Crippen LogP contribution is 2.23. The van der Waals surface area contributed by atoms with Gasteiger partial charge in [0.15, 0.2) is 0 Å². The van der Waals surface area contributed by atoms with E-state index >= 15 is 0 Å². The van der Waals surface area contributed by atoms with Crippen LogP contribution in [-0.4, -0.2) is 66.2 Å². The number of methoxy groups -OCH3 is 1. The maximum Gasteiger partial charge on any atom is 0.261 e. The Hall–Kier alpha value is -3.68. The third kappa shape index (κ3) is 4.89. The van der Waals surface area contributed by atoms with E-state index in [1.165, 1.54) is 4.90 Å². The van der Waals surface area contributed by atoms with Gasteiger partial charge in [-0.3, -0.25) is 24.1 Å². The Kier molecular flexibility index (Phi) is 6.72. The van der Waals surface area contributed by atoms with Crippen LogP contribution in [0, 0.1) is 0 Å². The minimum Gasteiger partial charge on any atom is -0.497 e. The minimum atomic E-state index is -0.295. The lowest BCUT2D eigenvalue weighted by molar-refractivity contribution is -0.132. The molecule has 2 aliphatic rings. The number of benzene rings is 2. The lowest BCUT2D eigenvalue weighted by Crippen LogP contribution is -2.46. The molecule has 0 unspecified atom stereocenters. The molecule has 2 aromatic rings. The fourth-order valence-corrected chi connectivity index (χ4v) is 4.27. The van der Waals surface area contributed by atoms with Crippen LogP contribution in [0.2, 0.25) is 0 Å². The van der Waals surface area contributed by atoms with Crippen LogP contribution in [0.4, 0.5) is 0 Å². The highest BCUT2D eigenvalue weighted by atomic mass is 16.5. The van der Waals surface area contributed by atoms with Crippen molar-refractivity contribution in [3.8, 4) is 5.75 Å². The molecule has 1 N–H and O–H groups in total. The normalized spacial score (nSPS) is 16.0. The van der Waals surface area contributed by atoms with E-state index in [1.807, 2.05) is 0 Å². The summed E-state index contributed by atoms with van der Waals surface area (Å²) in [7, 11) is 1.58. The monoisotopic (exact) mass is 449 g/mol. The summed E-state index contributed by atoms with van der Waals surface area (Å²) in [5, 5.41) is 3.03. The van der Waals surface area contributed by atoms with Gasteiger partial charge in [0.2, 0.25) is 5.91 Å². The van der Waals surface area contributed by atoms with E-state index in [2.05, 4.69) is 5.32 Å². The van der Waals surface area contributed by atoms with E-state index in [1.54, 1.807) is 60.5 Å². The molecule has 0 aliphatic carbocycles. The zero-order chi connectivity index (χ0) is 23.4. The molecule has 33 heavy (non-hydrogen) atoms. The first kappa shape index (κ1) is 22.5. The van der Waals surface area contributed by atoms with E-state index in [0.29, 0.717) is 54.8 Å². The second kappa shape index (κ2) is 9.85. The number of carbonyl (C=O) groups is 4. The molecular weight excluding hydrogens is 422 g/mol. The number of imide groups is 1. The number of rotatable bonds is 7. The number of hydrogen-bond acceptors (Lipinski definition) is 5. The molecular formula is C25H27N3O5. The Bertz CT molecular complexity index is 1020. The van der Waals surface area contributed by atoms with Gasteiger partial charge in [0.05, 0.1) is 18.2 Å². The number of piperidine rings is 1. The first-order valence-electron chi connectivity index (χ1n) is 11.2. The zero-order valence-corrected chi connectivity index (χ0v) is 18.6. The summed E-state index contributed by atoms with van der Waals surface area (Å²) in [5.41, 5.74) is 1.42. The third-order valence-electron chi connectivity index (χ3n) is 6.19. The number of nitrogens with zero attached hydrogens (tertiary/aromatic N) is 2. The fraction of sp³-hybridized carbons (Fsp3) is 0.360. The Morgan fingerprint density at radius 3 is 2.15 bits per heavy atom. The van der Waals surface area contributed by atoms with Gasteiger partial charge >= 0.3 is 0 Å². The summed E-state index contributed by atoms with van der Waals surface area (Å²) in [6, 6.07) is 13.7. The Labute approximate surface area is 192 Å². The minimum absolute atomic E-state index is 0.00606. The maximum atomic E-state index is 12.6. The number of fused-ring (bicyclic) bond motifs is 1. The quantitative estimate of drug-likeness (QED) is 0.656. The topological polar surface area (TPSA) is 96.0 Å². The number of nitrogens with one attached hydrogen (secondary N) is 1. The van der Waals surface area contributed by atoms with Gasteiger partial charge in [-0.25, -0.2) is 0 Å². The maximum absolute atomic E-state index is 12.6. The van der Waals surface area contributed by atoms with Gasteiger partial charge < -0.3 is 15.0 Å². The molecule has 0 spiro atoms. The molecule has 0 saturated carbocycles. The van der Waals surface area contributed by atoms with Crippen LogP contribution >= 0.6 is 0 Å². The molecule has 0 atom stereocenters. The van der Waals surface area contributed by atoms with Gasteiger partial charge in [0.1, 0.15) is 5.75 Å². The Balaban J connectivity index is 1.19. The van der Waals surface area contributed by atoms with Crippen molar-refractivity contribution in [2.75, 3.05) is 26.7 Å². The standard InChI is InChI=1S/C25H27N3O5/c1-33-19-10-8-17(9-11-19)23(30)26-18-12-15-27(16-13-18)22(29)7-4-14-28-24(31)20-5-2-3-6-21(20)25(28)32/h2-3,5-6,8-11,18H,4,7,12-16H2,1H3,(H,26,30). The van der Waals surface area contributed by atoms with Gasteiger partial charge in [0.25, 0.3) is 17.7 Å². The van der Waals surface area contributed by atoms with E-state index in [4.69, 9.17) is 4.74 Å². The fourth-order valence-electron chi connectivity index (χ4n) is 4.27. The third-order valence-corrected chi connectivity index (χ3v) is 6.19. The molecule has 4 amide bonds. The van der Waals surface area contributed by atoms with Gasteiger partial charge in [-0.1, -0.05) is 12.1 Å². The summed E-state index contributed by atoms with van der Waals surface area (Å²) in [6.45, 7) is 1.37. The average molecular weight is 450 g/mol. The molecule has 8 heteroatoms. The van der Waals surface area contributed by atoms with E-state index in [9.17, 15) is 19.2 Å². The first-order chi connectivity index (χ1) is 16.0. The lowest BCUT2D eigenvalue weighted by atomic mass is 10.0. The summed E-state index contributed by atoms with van der Waals surface area (Å²) in [6.07, 6.45) is 2.08. The van der Waals surface area contributed by atoms with Crippen molar-refractivity contribution < 1.29 is 23.9 Å². The summed E-state index contributed by atoms with van der Waals surface area (Å²) in [4.78, 5) is 52.9. The van der Waals surface area contributed by atoms with Crippen LogP contribution < -0.4 is 10.1 Å². The zero-order valence-electron chi connectivity index (χ0n) is 18.6.